The van der Waals surface area contributed by atoms with Gasteiger partial charge < -0.3 is 5.73 Å². The van der Waals surface area contributed by atoms with E-state index in [0.717, 1.165) is 24.8 Å². The molecule has 0 aromatic carbocycles. The van der Waals surface area contributed by atoms with Gasteiger partial charge in [0, 0.05) is 18.5 Å². The normalized spacial score (nSPS) is 18.7. The standard InChI is InChI=1S/C15H31N3/c1-4-13(11-15(16)17)18(10-9-12(2)3)14-7-5-6-8-14/h12-14H,4-11H2,1-3H3,(H3,16,17). The Balaban J connectivity index is 2.63. The lowest BCUT2D eigenvalue weighted by atomic mass is 10.0. The summed E-state index contributed by atoms with van der Waals surface area (Å²) < 4.78 is 0. The third-order valence-corrected chi connectivity index (χ3v) is 4.15. The van der Waals surface area contributed by atoms with Crippen molar-refractivity contribution < 1.29 is 0 Å². The molecule has 1 unspecified atom stereocenters. The first-order valence-corrected chi connectivity index (χ1v) is 7.63. The highest BCUT2D eigenvalue weighted by atomic mass is 15.2. The molecule has 1 aliphatic carbocycles. The molecule has 1 aliphatic rings. The molecule has 18 heavy (non-hydrogen) atoms. The second kappa shape index (κ2) is 7.78. The molecule has 0 aromatic rings. The van der Waals surface area contributed by atoms with Crippen LogP contribution in [0.25, 0.3) is 0 Å². The van der Waals surface area contributed by atoms with E-state index in [1.54, 1.807) is 0 Å². The van der Waals surface area contributed by atoms with Gasteiger partial charge in [0.15, 0.2) is 0 Å². The lowest BCUT2D eigenvalue weighted by Crippen LogP contribution is -2.44. The summed E-state index contributed by atoms with van der Waals surface area (Å²) in [5.41, 5.74) is 5.62. The molecule has 0 radical (unpaired) electrons. The van der Waals surface area contributed by atoms with Crippen molar-refractivity contribution in [3.8, 4) is 0 Å². The van der Waals surface area contributed by atoms with Gasteiger partial charge in [-0.15, -0.1) is 0 Å². The largest absolute Gasteiger partial charge is 0.388 e. The number of nitrogens with two attached hydrogens (primary N) is 1. The molecule has 0 aliphatic heterocycles. The van der Waals surface area contributed by atoms with Crippen molar-refractivity contribution in [2.75, 3.05) is 6.54 Å². The minimum atomic E-state index is 0.342. The predicted molar refractivity (Wildman–Crippen MR) is 79.0 cm³/mol. The molecular weight excluding hydrogens is 222 g/mol. The third-order valence-electron chi connectivity index (χ3n) is 4.15. The molecule has 0 amide bonds. The summed E-state index contributed by atoms with van der Waals surface area (Å²) in [6.07, 6.45) is 8.53. The van der Waals surface area contributed by atoms with Crippen molar-refractivity contribution in [2.24, 2.45) is 11.7 Å². The van der Waals surface area contributed by atoms with E-state index in [4.69, 9.17) is 11.1 Å². The fraction of sp³-hybridized carbons (Fsp3) is 0.933. The Hall–Kier alpha value is -0.570. The van der Waals surface area contributed by atoms with E-state index < -0.39 is 0 Å². The van der Waals surface area contributed by atoms with Crippen LogP contribution >= 0.6 is 0 Å². The summed E-state index contributed by atoms with van der Waals surface area (Å²) in [5, 5.41) is 7.56. The quantitative estimate of drug-likeness (QED) is 0.514. The van der Waals surface area contributed by atoms with Gasteiger partial charge in [-0.25, -0.2) is 0 Å². The van der Waals surface area contributed by atoms with Crippen LogP contribution in [-0.2, 0) is 0 Å². The molecule has 0 heterocycles. The van der Waals surface area contributed by atoms with Crippen LogP contribution in [0.15, 0.2) is 0 Å². The first kappa shape index (κ1) is 15.5. The number of hydrogen-bond donors (Lipinski definition) is 2. The van der Waals surface area contributed by atoms with Crippen LogP contribution in [0.3, 0.4) is 0 Å². The highest BCUT2D eigenvalue weighted by Gasteiger charge is 2.27. The van der Waals surface area contributed by atoms with Crippen LogP contribution < -0.4 is 5.73 Å². The Labute approximate surface area is 113 Å². The van der Waals surface area contributed by atoms with Crippen LogP contribution in [0.1, 0.15) is 65.7 Å². The molecule has 1 rings (SSSR count). The first-order valence-electron chi connectivity index (χ1n) is 7.63. The van der Waals surface area contributed by atoms with Crippen LogP contribution in [0.2, 0.25) is 0 Å². The summed E-state index contributed by atoms with van der Waals surface area (Å²) in [5.74, 6) is 1.10. The van der Waals surface area contributed by atoms with Crippen molar-refractivity contribution in [1.82, 2.24) is 4.90 Å². The zero-order valence-electron chi connectivity index (χ0n) is 12.4. The predicted octanol–water partition coefficient (Wildman–Crippen LogP) is 3.38. The molecule has 0 aromatic heterocycles. The molecular formula is C15H31N3. The molecule has 3 heteroatoms. The SMILES string of the molecule is CCC(CC(=N)N)N(CCC(C)C)C1CCCC1. The van der Waals surface area contributed by atoms with E-state index in [9.17, 15) is 0 Å². The van der Waals surface area contributed by atoms with E-state index >= 15 is 0 Å². The molecule has 3 N–H and O–H groups in total. The van der Waals surface area contributed by atoms with E-state index in [1.165, 1.54) is 38.6 Å². The Morgan fingerprint density at radius 1 is 1.33 bits per heavy atom. The molecule has 1 fully saturated rings. The molecule has 0 spiro atoms. The monoisotopic (exact) mass is 253 g/mol. The van der Waals surface area contributed by atoms with Gasteiger partial charge in [-0.05, 0) is 38.1 Å². The summed E-state index contributed by atoms with van der Waals surface area (Å²) in [4.78, 5) is 2.66. The van der Waals surface area contributed by atoms with Gasteiger partial charge in [-0.2, -0.15) is 0 Å². The lowest BCUT2D eigenvalue weighted by molar-refractivity contribution is 0.127. The van der Waals surface area contributed by atoms with Crippen molar-refractivity contribution >= 4 is 5.84 Å². The third kappa shape index (κ3) is 4.97. The van der Waals surface area contributed by atoms with Crippen LogP contribution in [0.5, 0.6) is 0 Å². The van der Waals surface area contributed by atoms with Gasteiger partial charge in [0.2, 0.25) is 0 Å². The summed E-state index contributed by atoms with van der Waals surface area (Å²) in [7, 11) is 0. The molecule has 3 nitrogen and oxygen atoms in total. The second-order valence-corrected chi connectivity index (χ2v) is 6.15. The topological polar surface area (TPSA) is 53.1 Å². The van der Waals surface area contributed by atoms with E-state index in [2.05, 4.69) is 25.7 Å². The van der Waals surface area contributed by atoms with Gasteiger partial charge in [0.25, 0.3) is 0 Å². The van der Waals surface area contributed by atoms with Crippen molar-refractivity contribution in [2.45, 2.75) is 77.8 Å². The van der Waals surface area contributed by atoms with Gasteiger partial charge in [-0.1, -0.05) is 33.6 Å². The fourth-order valence-electron chi connectivity index (χ4n) is 3.06. The van der Waals surface area contributed by atoms with E-state index in [1.807, 2.05) is 0 Å². The lowest BCUT2D eigenvalue weighted by Gasteiger charge is -2.36. The molecule has 0 saturated heterocycles. The average molecular weight is 253 g/mol. The minimum Gasteiger partial charge on any atom is -0.388 e. The maximum atomic E-state index is 7.56. The number of nitrogens with zero attached hydrogens (tertiary/aromatic N) is 1. The summed E-state index contributed by atoms with van der Waals surface area (Å²) in [6.45, 7) is 7.98. The first-order chi connectivity index (χ1) is 8.54. The van der Waals surface area contributed by atoms with Gasteiger partial charge in [0.05, 0.1) is 5.84 Å². The summed E-state index contributed by atoms with van der Waals surface area (Å²) >= 11 is 0. The highest BCUT2D eigenvalue weighted by Crippen LogP contribution is 2.27. The smallest absolute Gasteiger partial charge is 0.0921 e. The van der Waals surface area contributed by atoms with Gasteiger partial charge >= 0.3 is 0 Å². The number of rotatable bonds is 8. The molecule has 1 atom stereocenters. The fourth-order valence-corrected chi connectivity index (χ4v) is 3.06. The van der Waals surface area contributed by atoms with Crippen LogP contribution in [0, 0.1) is 11.3 Å². The highest BCUT2D eigenvalue weighted by molar-refractivity contribution is 5.77. The maximum absolute atomic E-state index is 7.56. The second-order valence-electron chi connectivity index (χ2n) is 6.15. The summed E-state index contributed by atoms with van der Waals surface area (Å²) in [6, 6.07) is 1.22. The molecule has 0 bridgehead atoms. The Morgan fingerprint density at radius 2 is 1.94 bits per heavy atom. The molecule has 1 saturated carbocycles. The Morgan fingerprint density at radius 3 is 2.39 bits per heavy atom. The number of amidine groups is 1. The Kier molecular flexibility index (Phi) is 6.69. The van der Waals surface area contributed by atoms with E-state index in [-0.39, 0.29) is 0 Å². The Bertz CT molecular complexity index is 244. The minimum absolute atomic E-state index is 0.342. The van der Waals surface area contributed by atoms with E-state index in [0.29, 0.717) is 11.9 Å². The average Bonchev–Trinajstić information content (AvgIpc) is 2.80. The number of hydrogen-bond acceptors (Lipinski definition) is 2. The van der Waals surface area contributed by atoms with Crippen LogP contribution in [0.4, 0.5) is 0 Å². The zero-order valence-corrected chi connectivity index (χ0v) is 12.4. The zero-order chi connectivity index (χ0) is 13.5. The van der Waals surface area contributed by atoms with Crippen molar-refractivity contribution in [1.29, 1.82) is 5.41 Å². The van der Waals surface area contributed by atoms with Crippen LogP contribution in [-0.4, -0.2) is 29.4 Å². The van der Waals surface area contributed by atoms with Gasteiger partial charge in [0.1, 0.15) is 0 Å². The number of nitrogens with one attached hydrogen (secondary N) is 1. The van der Waals surface area contributed by atoms with Crippen molar-refractivity contribution in [3.05, 3.63) is 0 Å². The van der Waals surface area contributed by atoms with Crippen molar-refractivity contribution in [3.63, 3.8) is 0 Å². The van der Waals surface area contributed by atoms with Gasteiger partial charge in [-0.3, -0.25) is 10.3 Å². The maximum Gasteiger partial charge on any atom is 0.0921 e. The molecule has 106 valence electrons.